The minimum atomic E-state index is -0.399. The van der Waals surface area contributed by atoms with Gasteiger partial charge in [-0.1, -0.05) is 6.07 Å². The number of amides is 1. The molecule has 9 heteroatoms. The minimum absolute atomic E-state index is 0.0690. The van der Waals surface area contributed by atoms with E-state index in [4.69, 9.17) is 5.41 Å². The SMILES string of the molecule is CN(C)c1ccc(/C=C2/C(=N)N3N=C(N4CCCC4)SC3=NC2=O)cc1Br. The first-order valence-electron chi connectivity index (χ1n) is 8.66. The summed E-state index contributed by atoms with van der Waals surface area (Å²) in [6.45, 7) is 1.92. The second-order valence-electron chi connectivity index (χ2n) is 6.70. The first-order valence-corrected chi connectivity index (χ1v) is 10.3. The molecule has 1 fully saturated rings. The molecule has 27 heavy (non-hydrogen) atoms. The summed E-state index contributed by atoms with van der Waals surface area (Å²) < 4.78 is 0.923. The molecule has 0 saturated carbocycles. The Balaban J connectivity index is 1.63. The van der Waals surface area contributed by atoms with Crippen molar-refractivity contribution in [1.29, 1.82) is 5.41 Å². The van der Waals surface area contributed by atoms with Crippen LogP contribution in [0.5, 0.6) is 0 Å². The standard InChI is InChI=1S/C18H19BrN6OS/c1-23(2)14-6-5-11(10-13(14)19)9-12-15(20)25-17(21-16(12)26)27-18(22-25)24-7-3-4-8-24/h5-6,9-10,20H,3-4,7-8H2,1-2H3/b12-9-,20-15?. The molecule has 0 unspecified atom stereocenters. The lowest BCUT2D eigenvalue weighted by atomic mass is 10.1. The van der Waals surface area contributed by atoms with Crippen molar-refractivity contribution in [3.05, 3.63) is 33.8 Å². The van der Waals surface area contributed by atoms with E-state index in [1.54, 1.807) is 6.08 Å². The third-order valence-electron chi connectivity index (χ3n) is 4.58. The highest BCUT2D eigenvalue weighted by molar-refractivity contribution is 9.10. The molecule has 3 aliphatic rings. The van der Waals surface area contributed by atoms with Crippen LogP contribution >= 0.6 is 27.7 Å². The van der Waals surface area contributed by atoms with Crippen molar-refractivity contribution < 1.29 is 4.79 Å². The fourth-order valence-electron chi connectivity index (χ4n) is 3.16. The molecule has 0 spiro atoms. The van der Waals surface area contributed by atoms with Crippen LogP contribution < -0.4 is 4.90 Å². The van der Waals surface area contributed by atoms with Crippen LogP contribution in [0.25, 0.3) is 6.08 Å². The van der Waals surface area contributed by atoms with Gasteiger partial charge in [0.15, 0.2) is 11.0 Å². The number of halogens is 1. The number of hydrogen-bond donors (Lipinski definition) is 1. The molecule has 4 rings (SSSR count). The number of carbonyl (C=O) groups excluding carboxylic acids is 1. The summed E-state index contributed by atoms with van der Waals surface area (Å²) >= 11 is 4.92. The van der Waals surface area contributed by atoms with Gasteiger partial charge in [0.25, 0.3) is 5.91 Å². The van der Waals surface area contributed by atoms with Crippen LogP contribution in [-0.2, 0) is 4.79 Å². The number of fused-ring (bicyclic) bond motifs is 1. The molecule has 140 valence electrons. The van der Waals surface area contributed by atoms with Crippen molar-refractivity contribution in [1.82, 2.24) is 9.91 Å². The minimum Gasteiger partial charge on any atom is -0.377 e. The second kappa shape index (κ2) is 7.12. The zero-order valence-corrected chi connectivity index (χ0v) is 17.5. The van der Waals surface area contributed by atoms with E-state index in [0.29, 0.717) is 5.17 Å². The monoisotopic (exact) mass is 446 g/mol. The van der Waals surface area contributed by atoms with Crippen LogP contribution in [0.2, 0.25) is 0 Å². The third kappa shape index (κ3) is 3.41. The van der Waals surface area contributed by atoms with Crippen molar-refractivity contribution in [2.45, 2.75) is 12.8 Å². The lowest BCUT2D eigenvalue weighted by Crippen LogP contribution is -2.35. The van der Waals surface area contributed by atoms with Crippen LogP contribution in [0.4, 0.5) is 5.69 Å². The third-order valence-corrected chi connectivity index (χ3v) is 6.19. The number of thioether (sulfide) groups is 1. The Labute approximate surface area is 170 Å². The normalized spacial score (nSPS) is 20.9. The maximum Gasteiger partial charge on any atom is 0.283 e. The highest BCUT2D eigenvalue weighted by Gasteiger charge is 2.37. The van der Waals surface area contributed by atoms with E-state index in [2.05, 4.69) is 30.9 Å². The van der Waals surface area contributed by atoms with Gasteiger partial charge >= 0.3 is 0 Å². The van der Waals surface area contributed by atoms with Crippen LogP contribution in [0.15, 0.2) is 38.3 Å². The fraction of sp³-hybridized carbons (Fsp3) is 0.333. The number of aliphatic imine (C=N–C) groups is 1. The average molecular weight is 447 g/mol. The van der Waals surface area contributed by atoms with E-state index in [1.165, 1.54) is 16.8 Å². The van der Waals surface area contributed by atoms with Gasteiger partial charge in [0, 0.05) is 31.7 Å². The molecule has 7 nitrogen and oxygen atoms in total. The van der Waals surface area contributed by atoms with Crippen LogP contribution in [0.3, 0.4) is 0 Å². The Morgan fingerprint density at radius 3 is 2.67 bits per heavy atom. The molecule has 0 aliphatic carbocycles. The number of likely N-dealkylation sites (tertiary alicyclic amines) is 1. The van der Waals surface area contributed by atoms with Crippen LogP contribution in [-0.4, -0.2) is 59.2 Å². The van der Waals surface area contributed by atoms with E-state index in [0.717, 1.165) is 46.8 Å². The summed E-state index contributed by atoms with van der Waals surface area (Å²) in [6, 6.07) is 5.82. The predicted molar refractivity (Wildman–Crippen MR) is 114 cm³/mol. The van der Waals surface area contributed by atoms with E-state index >= 15 is 0 Å². The van der Waals surface area contributed by atoms with Gasteiger partial charge in [0.05, 0.1) is 11.3 Å². The molecule has 1 amide bonds. The largest absolute Gasteiger partial charge is 0.377 e. The Hall–Kier alpha value is -2.13. The summed E-state index contributed by atoms with van der Waals surface area (Å²) in [5.41, 5.74) is 2.11. The van der Waals surface area contributed by atoms with Gasteiger partial charge in [0.1, 0.15) is 0 Å². The molecule has 3 heterocycles. The van der Waals surface area contributed by atoms with Crippen LogP contribution in [0.1, 0.15) is 18.4 Å². The Morgan fingerprint density at radius 2 is 2.00 bits per heavy atom. The van der Waals surface area contributed by atoms with Gasteiger partial charge < -0.3 is 9.80 Å². The van der Waals surface area contributed by atoms with E-state index in [9.17, 15) is 4.79 Å². The zero-order valence-electron chi connectivity index (χ0n) is 15.1. The van der Waals surface area contributed by atoms with Crippen molar-refractivity contribution in [2.75, 3.05) is 32.1 Å². The molecule has 1 aromatic rings. The van der Waals surface area contributed by atoms with Gasteiger partial charge in [-0.05, 0) is 64.3 Å². The van der Waals surface area contributed by atoms with Crippen molar-refractivity contribution in [2.24, 2.45) is 10.1 Å². The highest BCUT2D eigenvalue weighted by Crippen LogP contribution is 2.32. The van der Waals surface area contributed by atoms with Crippen molar-refractivity contribution in [3.63, 3.8) is 0 Å². The summed E-state index contributed by atoms with van der Waals surface area (Å²) in [5, 5.41) is 15.8. The molecule has 1 aromatic carbocycles. The smallest absolute Gasteiger partial charge is 0.283 e. The number of anilines is 1. The molecule has 0 aromatic heterocycles. The first kappa shape index (κ1) is 18.2. The topological polar surface area (TPSA) is 75.4 Å². The quantitative estimate of drug-likeness (QED) is 0.705. The second-order valence-corrected chi connectivity index (χ2v) is 8.49. The van der Waals surface area contributed by atoms with Crippen molar-refractivity contribution in [3.8, 4) is 0 Å². The number of hydrazone groups is 1. The maximum absolute atomic E-state index is 12.5. The number of carbonyl (C=O) groups is 1. The van der Waals surface area contributed by atoms with Gasteiger partial charge in [0.2, 0.25) is 5.17 Å². The Kier molecular flexibility index (Phi) is 4.81. The Morgan fingerprint density at radius 1 is 1.26 bits per heavy atom. The van der Waals surface area contributed by atoms with Gasteiger partial charge in [-0.15, -0.1) is 5.10 Å². The number of rotatable bonds is 2. The zero-order chi connectivity index (χ0) is 19.1. The number of amidine groups is 3. The first-order chi connectivity index (χ1) is 12.9. The summed E-state index contributed by atoms with van der Waals surface area (Å²) in [7, 11) is 3.94. The van der Waals surface area contributed by atoms with Crippen molar-refractivity contribution >= 4 is 61.5 Å². The van der Waals surface area contributed by atoms with E-state index in [1.807, 2.05) is 37.2 Å². The molecule has 1 N–H and O–H groups in total. The molecule has 1 saturated heterocycles. The molecule has 0 radical (unpaired) electrons. The summed E-state index contributed by atoms with van der Waals surface area (Å²) in [4.78, 5) is 20.9. The molecule has 0 atom stereocenters. The summed E-state index contributed by atoms with van der Waals surface area (Å²) in [6.07, 6.45) is 3.99. The van der Waals surface area contributed by atoms with Gasteiger partial charge in [-0.3, -0.25) is 10.2 Å². The highest BCUT2D eigenvalue weighted by atomic mass is 79.9. The molecule has 3 aliphatic heterocycles. The van der Waals surface area contributed by atoms with E-state index < -0.39 is 5.91 Å². The maximum atomic E-state index is 12.5. The number of hydrogen-bond acceptors (Lipinski definition) is 6. The fourth-order valence-corrected chi connectivity index (χ4v) is 4.86. The van der Waals surface area contributed by atoms with E-state index in [-0.39, 0.29) is 11.4 Å². The lowest BCUT2D eigenvalue weighted by Gasteiger charge is -2.20. The lowest BCUT2D eigenvalue weighted by molar-refractivity contribution is -0.114. The number of nitrogens with zero attached hydrogens (tertiary/aromatic N) is 5. The predicted octanol–water partition coefficient (Wildman–Crippen LogP) is 3.19. The Bertz CT molecular complexity index is 916. The summed E-state index contributed by atoms with van der Waals surface area (Å²) in [5.74, 6) is -0.330. The number of nitrogens with one attached hydrogen (secondary N) is 1. The average Bonchev–Trinajstić information content (AvgIpc) is 3.27. The molecular weight excluding hydrogens is 428 g/mol. The van der Waals surface area contributed by atoms with Gasteiger partial charge in [-0.25, -0.2) is 0 Å². The van der Waals surface area contributed by atoms with Gasteiger partial charge in [-0.2, -0.15) is 10.0 Å². The molecular formula is C18H19BrN6OS. The molecule has 0 bridgehead atoms. The van der Waals surface area contributed by atoms with Crippen LogP contribution in [0, 0.1) is 5.41 Å². The number of benzene rings is 1.